The summed E-state index contributed by atoms with van der Waals surface area (Å²) in [5, 5.41) is 3.38. The zero-order valence-electron chi connectivity index (χ0n) is 11.8. The molecule has 5 nitrogen and oxygen atoms in total. The Morgan fingerprint density at radius 2 is 1.47 bits per heavy atom. The van der Waals surface area contributed by atoms with Crippen LogP contribution in [0.3, 0.4) is 0 Å². The molecule has 0 aromatic carbocycles. The Morgan fingerprint density at radius 3 is 2.11 bits per heavy atom. The summed E-state index contributed by atoms with van der Waals surface area (Å²) in [5.74, 6) is 0. The van der Waals surface area contributed by atoms with E-state index in [-0.39, 0.29) is 6.03 Å². The normalized spacial score (nSPS) is 26.9. The minimum atomic E-state index is 0.285. The fraction of sp³-hybridized carbons (Fsp3) is 0.929. The molecule has 0 saturated carbocycles. The molecule has 3 aliphatic heterocycles. The second-order valence-corrected chi connectivity index (χ2v) is 6.03. The lowest BCUT2D eigenvalue weighted by Gasteiger charge is -2.47. The fourth-order valence-electron chi connectivity index (χ4n) is 3.35. The molecule has 3 heterocycles. The molecule has 3 aliphatic rings. The molecule has 0 unspecified atom stereocenters. The topological polar surface area (TPSA) is 38.8 Å². The van der Waals surface area contributed by atoms with Gasteiger partial charge < -0.3 is 15.1 Å². The van der Waals surface area contributed by atoms with E-state index < -0.39 is 0 Å². The lowest BCUT2D eigenvalue weighted by Crippen LogP contribution is -2.65. The lowest BCUT2D eigenvalue weighted by molar-refractivity contribution is 0.0368. The zero-order valence-corrected chi connectivity index (χ0v) is 11.8. The van der Waals surface area contributed by atoms with Crippen molar-refractivity contribution in [1.29, 1.82) is 0 Å². The van der Waals surface area contributed by atoms with E-state index in [0.717, 1.165) is 52.4 Å². The maximum absolute atomic E-state index is 12.4. The molecule has 2 amide bonds. The molecule has 0 atom stereocenters. The van der Waals surface area contributed by atoms with Gasteiger partial charge in [-0.15, -0.1) is 0 Å². The van der Waals surface area contributed by atoms with E-state index >= 15 is 0 Å². The van der Waals surface area contributed by atoms with Gasteiger partial charge in [0.25, 0.3) is 0 Å². The van der Waals surface area contributed by atoms with Gasteiger partial charge in [-0.05, 0) is 12.8 Å². The highest BCUT2D eigenvalue weighted by Gasteiger charge is 2.36. The van der Waals surface area contributed by atoms with E-state index in [1.165, 1.54) is 25.7 Å². The van der Waals surface area contributed by atoms with Gasteiger partial charge in [-0.1, -0.05) is 12.8 Å². The molecule has 0 spiro atoms. The Hall–Kier alpha value is -0.810. The first kappa shape index (κ1) is 13.2. The molecule has 1 N–H and O–H groups in total. The van der Waals surface area contributed by atoms with Crippen LogP contribution in [0, 0.1) is 0 Å². The maximum atomic E-state index is 12.4. The van der Waals surface area contributed by atoms with Gasteiger partial charge in [0.2, 0.25) is 0 Å². The summed E-state index contributed by atoms with van der Waals surface area (Å²) < 4.78 is 0. The summed E-state index contributed by atoms with van der Waals surface area (Å²) >= 11 is 0. The minimum absolute atomic E-state index is 0.285. The molecular weight excluding hydrogens is 240 g/mol. The maximum Gasteiger partial charge on any atom is 0.320 e. The Balaban J connectivity index is 1.45. The van der Waals surface area contributed by atoms with Crippen molar-refractivity contribution in [3.05, 3.63) is 0 Å². The van der Waals surface area contributed by atoms with Gasteiger partial charge in [0.15, 0.2) is 0 Å². The van der Waals surface area contributed by atoms with Crippen molar-refractivity contribution >= 4 is 6.03 Å². The van der Waals surface area contributed by atoms with Crippen molar-refractivity contribution in [3.8, 4) is 0 Å². The van der Waals surface area contributed by atoms with Crippen LogP contribution < -0.4 is 5.32 Å². The third kappa shape index (κ3) is 3.03. The molecule has 3 saturated heterocycles. The average molecular weight is 266 g/mol. The quantitative estimate of drug-likeness (QED) is 0.754. The van der Waals surface area contributed by atoms with Crippen LogP contribution in [0.15, 0.2) is 0 Å². The summed E-state index contributed by atoms with van der Waals surface area (Å²) in [5.41, 5.74) is 0. The van der Waals surface area contributed by atoms with Crippen molar-refractivity contribution in [1.82, 2.24) is 20.0 Å². The highest BCUT2D eigenvalue weighted by molar-refractivity contribution is 5.75. The van der Waals surface area contributed by atoms with E-state index in [2.05, 4.69) is 15.1 Å². The van der Waals surface area contributed by atoms with Gasteiger partial charge in [-0.2, -0.15) is 0 Å². The Morgan fingerprint density at radius 1 is 0.842 bits per heavy atom. The number of nitrogens with one attached hydrogen (secondary N) is 1. The number of carbonyl (C=O) groups excluding carboxylic acids is 1. The van der Waals surface area contributed by atoms with Gasteiger partial charge in [-0.3, -0.25) is 4.90 Å². The first-order valence-corrected chi connectivity index (χ1v) is 7.83. The minimum Gasteiger partial charge on any atom is -0.325 e. The van der Waals surface area contributed by atoms with Gasteiger partial charge in [0, 0.05) is 58.4 Å². The summed E-state index contributed by atoms with van der Waals surface area (Å²) in [6, 6.07) is 0.895. The van der Waals surface area contributed by atoms with E-state index in [1.807, 2.05) is 4.90 Å². The Labute approximate surface area is 115 Å². The molecule has 19 heavy (non-hydrogen) atoms. The number of hydrogen-bond acceptors (Lipinski definition) is 3. The molecule has 108 valence electrons. The van der Waals surface area contributed by atoms with Crippen LogP contribution in [0.4, 0.5) is 4.79 Å². The van der Waals surface area contributed by atoms with Crippen LogP contribution in [0.1, 0.15) is 25.7 Å². The second kappa shape index (κ2) is 6.09. The first-order valence-electron chi connectivity index (χ1n) is 7.83. The van der Waals surface area contributed by atoms with Crippen LogP contribution >= 0.6 is 0 Å². The summed E-state index contributed by atoms with van der Waals surface area (Å²) in [6.07, 6.45) is 4.93. The van der Waals surface area contributed by atoms with Gasteiger partial charge in [0.1, 0.15) is 0 Å². The molecule has 0 radical (unpaired) electrons. The fourth-order valence-corrected chi connectivity index (χ4v) is 3.35. The van der Waals surface area contributed by atoms with Gasteiger partial charge in [0.05, 0.1) is 0 Å². The van der Waals surface area contributed by atoms with Gasteiger partial charge >= 0.3 is 6.03 Å². The number of hydrogen-bond donors (Lipinski definition) is 1. The van der Waals surface area contributed by atoms with Crippen molar-refractivity contribution < 1.29 is 4.79 Å². The van der Waals surface area contributed by atoms with Gasteiger partial charge in [-0.25, -0.2) is 4.79 Å². The molecular formula is C14H26N4O. The largest absolute Gasteiger partial charge is 0.325 e. The molecule has 0 bridgehead atoms. The summed E-state index contributed by atoms with van der Waals surface area (Å²) in [7, 11) is 0. The van der Waals surface area contributed by atoms with Crippen LogP contribution in [-0.2, 0) is 0 Å². The summed E-state index contributed by atoms with van der Waals surface area (Å²) in [6.45, 7) is 8.27. The van der Waals surface area contributed by atoms with E-state index in [9.17, 15) is 4.79 Å². The van der Waals surface area contributed by atoms with E-state index in [4.69, 9.17) is 0 Å². The van der Waals surface area contributed by atoms with Crippen molar-refractivity contribution in [2.75, 3.05) is 52.4 Å². The number of rotatable bonds is 1. The monoisotopic (exact) mass is 266 g/mol. The standard InChI is InChI=1S/C14H26N4O/c19-14(17-7-3-1-2-4-8-17)18-11-13(12-18)16-9-5-15-6-10-16/h13,15H,1-12H2. The molecule has 3 rings (SSSR count). The van der Waals surface area contributed by atoms with Crippen LogP contribution in [0.2, 0.25) is 0 Å². The van der Waals surface area contributed by atoms with E-state index in [1.54, 1.807) is 0 Å². The van der Waals surface area contributed by atoms with Crippen molar-refractivity contribution in [2.24, 2.45) is 0 Å². The molecule has 0 aromatic rings. The molecule has 0 aromatic heterocycles. The highest BCUT2D eigenvalue weighted by atomic mass is 16.2. The number of nitrogens with zero attached hydrogens (tertiary/aromatic N) is 3. The SMILES string of the molecule is O=C(N1CCCCCC1)N1CC(N2CCNCC2)C1. The molecule has 5 heteroatoms. The predicted molar refractivity (Wildman–Crippen MR) is 75.2 cm³/mol. The van der Waals surface area contributed by atoms with Crippen molar-refractivity contribution in [2.45, 2.75) is 31.7 Å². The Bertz CT molecular complexity index is 303. The lowest BCUT2D eigenvalue weighted by atomic mass is 10.1. The van der Waals surface area contributed by atoms with Crippen LogP contribution in [0.25, 0.3) is 0 Å². The average Bonchev–Trinajstić information content (AvgIpc) is 2.67. The number of urea groups is 1. The third-order valence-corrected chi connectivity index (χ3v) is 4.68. The first-order chi connectivity index (χ1) is 9.34. The number of likely N-dealkylation sites (tertiary alicyclic amines) is 2. The second-order valence-electron chi connectivity index (χ2n) is 6.03. The molecule has 0 aliphatic carbocycles. The Kier molecular flexibility index (Phi) is 4.23. The highest BCUT2D eigenvalue weighted by Crippen LogP contribution is 2.19. The van der Waals surface area contributed by atoms with Crippen LogP contribution in [-0.4, -0.2) is 79.1 Å². The third-order valence-electron chi connectivity index (χ3n) is 4.68. The summed E-state index contributed by atoms with van der Waals surface area (Å²) in [4.78, 5) is 19.0. The smallest absolute Gasteiger partial charge is 0.320 e. The van der Waals surface area contributed by atoms with E-state index in [0.29, 0.717) is 6.04 Å². The predicted octanol–water partition coefficient (Wildman–Crippen LogP) is 0.572. The number of piperazine rings is 1. The van der Waals surface area contributed by atoms with Crippen molar-refractivity contribution in [3.63, 3.8) is 0 Å². The number of amides is 2. The van der Waals surface area contributed by atoms with Crippen LogP contribution in [0.5, 0.6) is 0 Å². The molecule has 3 fully saturated rings. The zero-order chi connectivity index (χ0) is 13.1. The number of carbonyl (C=O) groups is 1.